The molecule has 0 aromatic carbocycles. The van der Waals surface area contributed by atoms with Crippen LogP contribution in [0.4, 0.5) is 0 Å². The molecule has 0 aromatic heterocycles. The molecule has 0 bridgehead atoms. The van der Waals surface area contributed by atoms with Gasteiger partial charge in [0.2, 0.25) is 0 Å². The van der Waals surface area contributed by atoms with Gasteiger partial charge in [0.05, 0.1) is 34.4 Å². The van der Waals surface area contributed by atoms with Crippen LogP contribution in [0, 0.1) is 0 Å². The van der Waals surface area contributed by atoms with Gasteiger partial charge in [-0.05, 0) is 38.5 Å². The van der Waals surface area contributed by atoms with Crippen molar-refractivity contribution in [3.63, 3.8) is 0 Å². The maximum atomic E-state index is 12.8. The number of unbranched alkanes of at least 4 members (excludes halogenated alkanes) is 27. The molecule has 0 heterocycles. The van der Waals surface area contributed by atoms with Gasteiger partial charge in [0.25, 0.3) is 0 Å². The van der Waals surface area contributed by atoms with Crippen molar-refractivity contribution in [3.8, 4) is 0 Å². The number of hydrogen-bond acceptors (Lipinski definition) is 6. The minimum absolute atomic E-state index is 0.0541. The van der Waals surface area contributed by atoms with Crippen LogP contribution in [-0.4, -0.2) is 80.6 Å². The van der Waals surface area contributed by atoms with Crippen molar-refractivity contribution in [2.45, 2.75) is 244 Å². The largest absolute Gasteiger partial charge is 0.477 e. The average molecular weight is 835 g/mol. The van der Waals surface area contributed by atoms with Crippen LogP contribution in [0.15, 0.2) is 24.3 Å². The zero-order valence-electron chi connectivity index (χ0n) is 39.5. The molecule has 0 fully saturated rings. The lowest BCUT2D eigenvalue weighted by Gasteiger charge is -2.31. The lowest BCUT2D eigenvalue weighted by atomic mass is 10.0. The highest BCUT2D eigenvalue weighted by Gasteiger charge is 2.31. The van der Waals surface area contributed by atoms with Gasteiger partial charge >= 0.3 is 17.9 Å². The third kappa shape index (κ3) is 41.0. The van der Waals surface area contributed by atoms with Gasteiger partial charge in [-0.3, -0.25) is 9.59 Å². The van der Waals surface area contributed by atoms with Gasteiger partial charge in [-0.1, -0.05) is 199 Å². The molecule has 0 saturated heterocycles. The number of carbonyl (C=O) groups excluding carboxylic acids is 2. The van der Waals surface area contributed by atoms with Crippen molar-refractivity contribution in [2.24, 2.45) is 0 Å². The van der Waals surface area contributed by atoms with Crippen molar-refractivity contribution in [1.29, 1.82) is 0 Å². The molecule has 0 saturated carbocycles. The quantitative estimate of drug-likeness (QED) is 0.0282. The molecule has 346 valence electrons. The van der Waals surface area contributed by atoms with E-state index in [0.29, 0.717) is 19.3 Å². The maximum absolute atomic E-state index is 12.8. The number of aliphatic carboxylic acids is 1. The van der Waals surface area contributed by atoms with E-state index in [9.17, 15) is 19.5 Å². The van der Waals surface area contributed by atoms with E-state index in [2.05, 4.69) is 38.2 Å². The molecular weight excluding hydrogens is 739 g/mol. The number of carboxylic acid groups (broad SMARTS) is 1. The predicted octanol–water partition coefficient (Wildman–Crippen LogP) is 14.0. The molecule has 1 N–H and O–H groups in total. The molecule has 0 aliphatic rings. The van der Waals surface area contributed by atoms with Gasteiger partial charge in [0.15, 0.2) is 12.1 Å². The number of allylic oxidation sites excluding steroid dienone is 4. The van der Waals surface area contributed by atoms with Gasteiger partial charge in [0.1, 0.15) is 6.61 Å². The number of rotatable bonds is 45. The molecule has 0 aliphatic carbocycles. The second-order valence-electron chi connectivity index (χ2n) is 18.1. The van der Waals surface area contributed by atoms with E-state index in [1.54, 1.807) is 0 Å². The van der Waals surface area contributed by atoms with Crippen LogP contribution in [0.2, 0.25) is 0 Å². The first kappa shape index (κ1) is 56.8. The van der Waals surface area contributed by atoms with E-state index in [0.717, 1.165) is 70.6 Å². The molecule has 0 radical (unpaired) electrons. The fourth-order valence-corrected chi connectivity index (χ4v) is 7.54. The van der Waals surface area contributed by atoms with Gasteiger partial charge in [0, 0.05) is 19.3 Å². The van der Waals surface area contributed by atoms with Crippen molar-refractivity contribution < 1.29 is 38.2 Å². The molecule has 0 aliphatic heterocycles. The number of nitrogens with zero attached hydrogens (tertiary/aromatic N) is 1. The number of carboxylic acids is 1. The fraction of sp³-hybridized carbons (Fsp3) is 0.863. The van der Waals surface area contributed by atoms with Gasteiger partial charge in [-0.25, -0.2) is 4.79 Å². The Hall–Kier alpha value is -2.19. The first-order valence-electron chi connectivity index (χ1n) is 24.9. The van der Waals surface area contributed by atoms with E-state index in [1.807, 2.05) is 21.1 Å². The lowest BCUT2D eigenvalue weighted by molar-refractivity contribution is -0.887. The molecule has 2 atom stereocenters. The second kappa shape index (κ2) is 42.5. The van der Waals surface area contributed by atoms with Crippen LogP contribution in [-0.2, 0) is 28.6 Å². The van der Waals surface area contributed by atoms with Gasteiger partial charge in [-0.15, -0.1) is 0 Å². The summed E-state index contributed by atoms with van der Waals surface area (Å²) in [4.78, 5) is 37.0. The van der Waals surface area contributed by atoms with E-state index in [1.165, 1.54) is 128 Å². The smallest absolute Gasteiger partial charge is 0.362 e. The Morgan fingerprint density at radius 2 is 0.949 bits per heavy atom. The van der Waals surface area contributed by atoms with Crippen LogP contribution in [0.1, 0.15) is 232 Å². The summed E-state index contributed by atoms with van der Waals surface area (Å²) in [5.74, 6) is -1.47. The molecule has 59 heavy (non-hydrogen) atoms. The van der Waals surface area contributed by atoms with E-state index >= 15 is 0 Å². The monoisotopic (exact) mass is 835 g/mol. The van der Waals surface area contributed by atoms with E-state index in [4.69, 9.17) is 14.2 Å². The van der Waals surface area contributed by atoms with Crippen LogP contribution in [0.3, 0.4) is 0 Å². The maximum Gasteiger partial charge on any atom is 0.362 e. The summed E-state index contributed by atoms with van der Waals surface area (Å²) in [6.07, 6.45) is 48.1. The second-order valence-corrected chi connectivity index (χ2v) is 18.1. The lowest BCUT2D eigenvalue weighted by Crippen LogP contribution is -2.50. The van der Waals surface area contributed by atoms with E-state index in [-0.39, 0.29) is 36.2 Å². The summed E-state index contributed by atoms with van der Waals surface area (Å²) < 4.78 is 17.3. The zero-order valence-corrected chi connectivity index (χ0v) is 39.5. The number of quaternary nitrogens is 1. The van der Waals surface area contributed by atoms with Crippen molar-refractivity contribution >= 4 is 17.9 Å². The number of likely N-dealkylation sites (N-methyl/N-ethyl adjacent to an activating group) is 1. The SMILES string of the molecule is CC/C=C/C/C=C/CCCCCCCC(=O)OCC(COCCC(C(=O)O)[N+](C)(C)C)OC(=O)CCCCCCCCCCCCCCCCCCCCCCCCC. The minimum atomic E-state index is -0.874. The molecular formula is C51H96NO7+. The zero-order chi connectivity index (χ0) is 43.5. The Bertz CT molecular complexity index is 1020. The molecule has 0 aromatic rings. The fourth-order valence-electron chi connectivity index (χ4n) is 7.54. The van der Waals surface area contributed by atoms with Crippen molar-refractivity contribution in [2.75, 3.05) is 41.0 Å². The first-order valence-corrected chi connectivity index (χ1v) is 24.9. The highest BCUT2D eigenvalue weighted by Crippen LogP contribution is 2.17. The summed E-state index contributed by atoms with van der Waals surface area (Å²) in [7, 11) is 5.53. The Kier molecular flexibility index (Phi) is 40.9. The first-order chi connectivity index (χ1) is 28.6. The molecule has 0 spiro atoms. The Morgan fingerprint density at radius 3 is 1.39 bits per heavy atom. The standard InChI is InChI=1S/C51H95NO7/c1-6-8-10-12-14-16-18-20-21-22-23-24-25-26-27-28-29-30-32-34-36-38-40-42-50(54)59-47(45-57-44-43-48(51(55)56)52(3,4)5)46-58-49(53)41-39-37-35-33-31-19-17-15-13-11-9-7-2/h9,11,15,17,47-48H,6-8,10,12-14,16,18-46H2,1-5H3/p+1/b11-9+,17-15+. The number of esters is 2. The highest BCUT2D eigenvalue weighted by molar-refractivity contribution is 5.72. The topological polar surface area (TPSA) is 99.1 Å². The normalized spacial score (nSPS) is 13.0. The van der Waals surface area contributed by atoms with Crippen molar-refractivity contribution in [1.82, 2.24) is 0 Å². The Morgan fingerprint density at radius 1 is 0.525 bits per heavy atom. The molecule has 0 rings (SSSR count). The van der Waals surface area contributed by atoms with Gasteiger partial charge < -0.3 is 23.8 Å². The third-order valence-corrected chi connectivity index (χ3v) is 11.4. The molecule has 0 amide bonds. The summed E-state index contributed by atoms with van der Waals surface area (Å²) in [5.41, 5.74) is 0. The summed E-state index contributed by atoms with van der Waals surface area (Å²) in [6, 6.07) is -0.614. The molecule has 2 unspecified atom stereocenters. The summed E-state index contributed by atoms with van der Waals surface area (Å²) in [5, 5.41) is 9.63. The average Bonchev–Trinajstić information content (AvgIpc) is 3.19. The Balaban J connectivity index is 4.16. The van der Waals surface area contributed by atoms with Crippen LogP contribution in [0.5, 0.6) is 0 Å². The summed E-state index contributed by atoms with van der Waals surface area (Å²) in [6.45, 7) is 4.65. The molecule has 8 heteroatoms. The van der Waals surface area contributed by atoms with Crippen LogP contribution >= 0.6 is 0 Å². The third-order valence-electron chi connectivity index (χ3n) is 11.4. The van der Waals surface area contributed by atoms with Crippen LogP contribution in [0.25, 0.3) is 0 Å². The van der Waals surface area contributed by atoms with Crippen molar-refractivity contribution in [3.05, 3.63) is 24.3 Å². The van der Waals surface area contributed by atoms with E-state index < -0.39 is 18.1 Å². The highest BCUT2D eigenvalue weighted by atomic mass is 16.6. The number of carbonyl (C=O) groups is 3. The summed E-state index contributed by atoms with van der Waals surface area (Å²) >= 11 is 0. The minimum Gasteiger partial charge on any atom is -0.477 e. The number of hydrogen-bond donors (Lipinski definition) is 1. The number of ether oxygens (including phenoxy) is 3. The van der Waals surface area contributed by atoms with Gasteiger partial charge in [-0.2, -0.15) is 0 Å². The molecule has 8 nitrogen and oxygen atoms in total. The predicted molar refractivity (Wildman–Crippen MR) is 248 cm³/mol. The van der Waals surface area contributed by atoms with Crippen LogP contribution < -0.4 is 0 Å². The Labute approximate surface area is 364 Å².